The number of sulfone groups is 1. The fraction of sp³-hybridized carbons (Fsp3) is 0.294. The summed E-state index contributed by atoms with van der Waals surface area (Å²) in [5.41, 5.74) is -0.339. The van der Waals surface area contributed by atoms with E-state index in [2.05, 4.69) is 0 Å². The Morgan fingerprint density at radius 1 is 1.09 bits per heavy atom. The van der Waals surface area contributed by atoms with Crippen molar-refractivity contribution >= 4 is 15.6 Å². The Labute approximate surface area is 135 Å². The van der Waals surface area contributed by atoms with Gasteiger partial charge in [-0.1, -0.05) is 30.3 Å². The number of carbonyl (C=O) groups excluding carboxylic acids is 1. The lowest BCUT2D eigenvalue weighted by atomic mass is 9.80. The number of hydrogen-bond donors (Lipinski definition) is 0. The van der Waals surface area contributed by atoms with Gasteiger partial charge in [0.05, 0.1) is 16.9 Å². The molecule has 0 saturated heterocycles. The van der Waals surface area contributed by atoms with Gasteiger partial charge in [-0.25, -0.2) is 8.42 Å². The van der Waals surface area contributed by atoms with Crippen molar-refractivity contribution in [3.63, 3.8) is 0 Å². The van der Waals surface area contributed by atoms with Crippen LogP contribution in [0.2, 0.25) is 0 Å². The van der Waals surface area contributed by atoms with Gasteiger partial charge in [-0.05, 0) is 25.5 Å². The number of hydrogen-bond acceptors (Lipinski definition) is 4. The summed E-state index contributed by atoms with van der Waals surface area (Å²) in [4.78, 5) is 24.6. The minimum Gasteiger partial charge on any atom is -0.307 e. The number of carbonyl (C=O) groups is 1. The van der Waals surface area contributed by atoms with Crippen LogP contribution < -0.4 is 5.56 Å². The highest BCUT2D eigenvalue weighted by atomic mass is 32.2. The summed E-state index contributed by atoms with van der Waals surface area (Å²) < 4.78 is 24.3. The van der Waals surface area contributed by atoms with Crippen LogP contribution in [0.15, 0.2) is 58.4 Å². The van der Waals surface area contributed by atoms with Crippen molar-refractivity contribution in [3.8, 4) is 0 Å². The van der Waals surface area contributed by atoms with E-state index in [9.17, 15) is 18.0 Å². The standard InChI is InChI=1S/C17H19NO4S/c1-17(2,13-7-5-4-6-8-13)15(19)12-18-11-14(23(3,21)22)9-10-16(18)20/h4-11H,12H2,1-3H3. The second-order valence-corrected chi connectivity index (χ2v) is 8.03. The molecule has 0 aliphatic carbocycles. The molecule has 0 radical (unpaired) electrons. The van der Waals surface area contributed by atoms with Gasteiger partial charge in [-0.2, -0.15) is 0 Å². The lowest BCUT2D eigenvalue weighted by molar-refractivity contribution is -0.124. The van der Waals surface area contributed by atoms with Gasteiger partial charge in [-0.3, -0.25) is 9.59 Å². The Hall–Kier alpha value is -2.21. The van der Waals surface area contributed by atoms with Crippen LogP contribution in [0.1, 0.15) is 19.4 Å². The van der Waals surface area contributed by atoms with Gasteiger partial charge in [-0.15, -0.1) is 0 Å². The molecule has 0 amide bonds. The van der Waals surface area contributed by atoms with E-state index >= 15 is 0 Å². The number of benzene rings is 1. The van der Waals surface area contributed by atoms with E-state index in [1.165, 1.54) is 18.3 Å². The molecule has 0 N–H and O–H groups in total. The Morgan fingerprint density at radius 3 is 2.26 bits per heavy atom. The first kappa shape index (κ1) is 17.1. The summed E-state index contributed by atoms with van der Waals surface area (Å²) >= 11 is 0. The second kappa shape index (κ2) is 6.12. The van der Waals surface area contributed by atoms with Crippen LogP contribution in [-0.4, -0.2) is 25.0 Å². The van der Waals surface area contributed by atoms with Crippen LogP contribution in [0.25, 0.3) is 0 Å². The molecule has 2 aromatic rings. The van der Waals surface area contributed by atoms with Gasteiger partial charge in [0.1, 0.15) is 0 Å². The summed E-state index contributed by atoms with van der Waals surface area (Å²) in [6, 6.07) is 11.7. The van der Waals surface area contributed by atoms with Crippen molar-refractivity contribution in [1.82, 2.24) is 4.57 Å². The quantitative estimate of drug-likeness (QED) is 0.836. The fourth-order valence-corrected chi connectivity index (χ4v) is 2.85. The largest absolute Gasteiger partial charge is 0.307 e. The zero-order valence-electron chi connectivity index (χ0n) is 13.3. The summed E-state index contributed by atoms with van der Waals surface area (Å²) in [5.74, 6) is -0.170. The normalized spacial score (nSPS) is 12.1. The number of ketones is 1. The Kier molecular flexibility index (Phi) is 4.56. The Morgan fingerprint density at radius 2 is 1.70 bits per heavy atom. The van der Waals surface area contributed by atoms with E-state index in [0.29, 0.717) is 0 Å². The number of Topliss-reactive ketones (excluding diaryl/α,β-unsaturated/α-hetero) is 1. The summed E-state index contributed by atoms with van der Waals surface area (Å²) in [6.45, 7) is 3.40. The molecule has 0 saturated carbocycles. The SMILES string of the molecule is CC(C)(C(=O)Cn1cc(S(C)(=O)=O)ccc1=O)c1ccccc1. The summed E-state index contributed by atoms with van der Waals surface area (Å²) in [5, 5.41) is 0. The van der Waals surface area contributed by atoms with E-state index in [0.717, 1.165) is 16.4 Å². The number of rotatable bonds is 5. The lowest BCUT2D eigenvalue weighted by Crippen LogP contribution is -2.35. The van der Waals surface area contributed by atoms with Crippen LogP contribution in [-0.2, 0) is 26.6 Å². The lowest BCUT2D eigenvalue weighted by Gasteiger charge is -2.24. The van der Waals surface area contributed by atoms with Crippen molar-refractivity contribution in [3.05, 3.63) is 64.6 Å². The molecule has 0 spiro atoms. The first-order valence-corrected chi connectivity index (χ1v) is 9.01. The van der Waals surface area contributed by atoms with Crippen molar-refractivity contribution < 1.29 is 13.2 Å². The second-order valence-electron chi connectivity index (χ2n) is 6.02. The van der Waals surface area contributed by atoms with Gasteiger partial charge in [0.15, 0.2) is 15.6 Å². The van der Waals surface area contributed by atoms with E-state index < -0.39 is 20.8 Å². The minimum atomic E-state index is -3.44. The monoisotopic (exact) mass is 333 g/mol. The van der Waals surface area contributed by atoms with Crippen LogP contribution in [0, 0.1) is 0 Å². The number of pyridine rings is 1. The molecule has 122 valence electrons. The van der Waals surface area contributed by atoms with Crippen molar-refractivity contribution in [2.24, 2.45) is 0 Å². The third-order valence-corrected chi connectivity index (χ3v) is 4.99. The predicted molar refractivity (Wildman–Crippen MR) is 88.3 cm³/mol. The molecule has 1 heterocycles. The van der Waals surface area contributed by atoms with Gasteiger partial charge in [0.2, 0.25) is 0 Å². The molecule has 0 aliphatic rings. The van der Waals surface area contributed by atoms with Gasteiger partial charge < -0.3 is 4.57 Å². The topological polar surface area (TPSA) is 73.2 Å². The van der Waals surface area contributed by atoms with E-state index in [-0.39, 0.29) is 17.2 Å². The Bertz CT molecular complexity index is 880. The smallest absolute Gasteiger partial charge is 0.250 e. The maximum Gasteiger partial charge on any atom is 0.250 e. The van der Waals surface area contributed by atoms with Gasteiger partial charge in [0.25, 0.3) is 5.56 Å². The molecule has 5 nitrogen and oxygen atoms in total. The average molecular weight is 333 g/mol. The zero-order valence-corrected chi connectivity index (χ0v) is 14.1. The molecule has 1 aromatic heterocycles. The predicted octanol–water partition coefficient (Wildman–Crippen LogP) is 1.80. The van der Waals surface area contributed by atoms with Crippen LogP contribution in [0.4, 0.5) is 0 Å². The molecule has 1 aromatic carbocycles. The zero-order chi connectivity index (χ0) is 17.3. The number of nitrogens with zero attached hydrogens (tertiary/aromatic N) is 1. The maximum atomic E-state index is 12.6. The van der Waals surface area contributed by atoms with Crippen molar-refractivity contribution in [2.75, 3.05) is 6.26 Å². The summed E-state index contributed by atoms with van der Waals surface area (Å²) in [7, 11) is -3.44. The van der Waals surface area contributed by atoms with Crippen molar-refractivity contribution in [1.29, 1.82) is 0 Å². The first-order valence-electron chi connectivity index (χ1n) is 7.12. The van der Waals surface area contributed by atoms with E-state index in [4.69, 9.17) is 0 Å². The molecular weight excluding hydrogens is 314 g/mol. The molecule has 0 bridgehead atoms. The number of aromatic nitrogens is 1. The molecule has 0 atom stereocenters. The van der Waals surface area contributed by atoms with Crippen LogP contribution in [0.5, 0.6) is 0 Å². The van der Waals surface area contributed by atoms with E-state index in [1.54, 1.807) is 13.8 Å². The third-order valence-electron chi connectivity index (χ3n) is 3.89. The minimum absolute atomic E-state index is 0.0161. The molecule has 0 aliphatic heterocycles. The molecule has 23 heavy (non-hydrogen) atoms. The van der Waals surface area contributed by atoms with Crippen molar-refractivity contribution in [2.45, 2.75) is 30.7 Å². The highest BCUT2D eigenvalue weighted by Crippen LogP contribution is 2.24. The van der Waals surface area contributed by atoms with Gasteiger partial charge >= 0.3 is 0 Å². The Balaban J connectivity index is 2.36. The maximum absolute atomic E-state index is 12.6. The van der Waals surface area contributed by atoms with Crippen LogP contribution >= 0.6 is 0 Å². The molecule has 0 fully saturated rings. The highest BCUT2D eigenvalue weighted by molar-refractivity contribution is 7.90. The molecule has 0 unspecified atom stereocenters. The fourth-order valence-electron chi connectivity index (χ4n) is 2.22. The first-order chi connectivity index (χ1) is 10.6. The van der Waals surface area contributed by atoms with Gasteiger partial charge in [0, 0.05) is 18.5 Å². The summed E-state index contributed by atoms with van der Waals surface area (Å²) in [6.07, 6.45) is 2.28. The third kappa shape index (κ3) is 3.76. The molecule has 6 heteroatoms. The molecular formula is C17H19NO4S. The van der Waals surface area contributed by atoms with E-state index in [1.807, 2.05) is 30.3 Å². The van der Waals surface area contributed by atoms with Crippen LogP contribution in [0.3, 0.4) is 0 Å². The average Bonchev–Trinajstić information content (AvgIpc) is 2.49. The highest BCUT2D eigenvalue weighted by Gasteiger charge is 2.29. The molecule has 2 rings (SSSR count).